The van der Waals surface area contributed by atoms with Gasteiger partial charge in [0.15, 0.2) is 9.84 Å². The first kappa shape index (κ1) is 22.9. The van der Waals surface area contributed by atoms with Crippen molar-refractivity contribution in [2.75, 3.05) is 6.26 Å². The van der Waals surface area contributed by atoms with Crippen molar-refractivity contribution in [1.82, 2.24) is 4.47 Å². The molecular weight excluding hydrogens is 398 g/mol. The Balaban J connectivity index is 3.46. The van der Waals surface area contributed by atoms with Crippen LogP contribution in [-0.2, 0) is 34.2 Å². The maximum absolute atomic E-state index is 12.8. The van der Waals surface area contributed by atoms with Crippen LogP contribution in [0.3, 0.4) is 0 Å². The summed E-state index contributed by atoms with van der Waals surface area (Å²) in [7, 11) is -8.44. The van der Waals surface area contributed by atoms with Crippen molar-refractivity contribution in [3.63, 3.8) is 0 Å². The first-order chi connectivity index (χ1) is 12.1. The SMILES string of the molecule is CC(C)C(=O)ON(C(=O)OC(C)(C)C)S(=O)(=O)c1cccc(S(C)(=O)=O)c1. The molecule has 0 saturated carbocycles. The number of hydrogen-bond acceptors (Lipinski definition) is 8. The first-order valence-corrected chi connectivity index (χ1v) is 11.2. The Kier molecular flexibility index (Phi) is 6.66. The topological polar surface area (TPSA) is 124 Å². The van der Waals surface area contributed by atoms with Gasteiger partial charge in [0.1, 0.15) is 5.60 Å². The predicted molar refractivity (Wildman–Crippen MR) is 95.7 cm³/mol. The van der Waals surface area contributed by atoms with Crippen LogP contribution in [0.5, 0.6) is 0 Å². The quantitative estimate of drug-likeness (QED) is 0.677. The Morgan fingerprint density at radius 2 is 1.56 bits per heavy atom. The van der Waals surface area contributed by atoms with E-state index in [2.05, 4.69) is 0 Å². The number of sulfone groups is 1. The lowest BCUT2D eigenvalue weighted by Gasteiger charge is -2.26. The fourth-order valence-electron chi connectivity index (χ4n) is 1.63. The van der Waals surface area contributed by atoms with Crippen LogP contribution in [0.25, 0.3) is 0 Å². The number of hydroxylamine groups is 1. The predicted octanol–water partition coefficient (Wildman–Crippen LogP) is 2.13. The molecular formula is C16H23NO8S2. The number of carbonyl (C=O) groups is 2. The second-order valence-corrected chi connectivity index (χ2v) is 10.8. The minimum atomic E-state index is -4.73. The number of benzene rings is 1. The highest BCUT2D eigenvalue weighted by Gasteiger charge is 2.38. The van der Waals surface area contributed by atoms with Crippen molar-refractivity contribution < 1.29 is 36.0 Å². The van der Waals surface area contributed by atoms with Crippen LogP contribution in [0.15, 0.2) is 34.1 Å². The summed E-state index contributed by atoms with van der Waals surface area (Å²) >= 11 is 0. The van der Waals surface area contributed by atoms with Gasteiger partial charge in [-0.2, -0.15) is 8.42 Å². The molecule has 0 radical (unpaired) electrons. The van der Waals surface area contributed by atoms with E-state index in [-0.39, 0.29) is 9.36 Å². The van der Waals surface area contributed by atoms with E-state index in [0.717, 1.165) is 18.4 Å². The average molecular weight is 421 g/mol. The van der Waals surface area contributed by atoms with Crippen LogP contribution in [-0.4, -0.2) is 45.2 Å². The maximum Gasteiger partial charge on any atom is 0.459 e. The van der Waals surface area contributed by atoms with E-state index in [1.165, 1.54) is 46.8 Å². The molecule has 0 aliphatic heterocycles. The minimum Gasteiger partial charge on any atom is -0.441 e. The molecule has 152 valence electrons. The maximum atomic E-state index is 12.8. The molecule has 0 aliphatic rings. The van der Waals surface area contributed by atoms with E-state index in [1.54, 1.807) is 0 Å². The summed E-state index contributed by atoms with van der Waals surface area (Å²) in [4.78, 5) is 28.2. The molecule has 1 aromatic rings. The zero-order valence-corrected chi connectivity index (χ0v) is 17.5. The van der Waals surface area contributed by atoms with Crippen LogP contribution < -0.4 is 0 Å². The summed E-state index contributed by atoms with van der Waals surface area (Å²) in [5, 5.41) is 0. The van der Waals surface area contributed by atoms with Crippen LogP contribution >= 0.6 is 0 Å². The zero-order chi connectivity index (χ0) is 21.2. The van der Waals surface area contributed by atoms with E-state index in [1.807, 2.05) is 0 Å². The molecule has 0 aliphatic carbocycles. The van der Waals surface area contributed by atoms with Crippen LogP contribution in [0.1, 0.15) is 34.6 Å². The van der Waals surface area contributed by atoms with E-state index < -0.39 is 48.3 Å². The number of nitrogens with zero attached hydrogens (tertiary/aromatic N) is 1. The molecule has 0 fully saturated rings. The molecule has 9 nitrogen and oxygen atoms in total. The van der Waals surface area contributed by atoms with Crippen molar-refractivity contribution in [2.24, 2.45) is 5.92 Å². The number of ether oxygens (including phenoxy) is 1. The molecule has 27 heavy (non-hydrogen) atoms. The van der Waals surface area contributed by atoms with Gasteiger partial charge in [-0.05, 0) is 43.4 Å². The van der Waals surface area contributed by atoms with Gasteiger partial charge >= 0.3 is 22.1 Å². The van der Waals surface area contributed by atoms with Gasteiger partial charge in [0.05, 0.1) is 15.7 Å². The summed E-state index contributed by atoms with van der Waals surface area (Å²) < 4.78 is 53.9. The highest BCUT2D eigenvalue weighted by Crippen LogP contribution is 2.23. The molecule has 0 N–H and O–H groups in total. The number of amides is 1. The molecule has 0 spiro atoms. The molecule has 0 aromatic heterocycles. The number of rotatable bonds is 4. The van der Waals surface area contributed by atoms with Crippen molar-refractivity contribution in [3.8, 4) is 0 Å². The van der Waals surface area contributed by atoms with Crippen LogP contribution in [0, 0.1) is 5.92 Å². The largest absolute Gasteiger partial charge is 0.459 e. The molecule has 0 atom stereocenters. The molecule has 0 unspecified atom stereocenters. The van der Waals surface area contributed by atoms with Gasteiger partial charge < -0.3 is 9.57 Å². The highest BCUT2D eigenvalue weighted by atomic mass is 32.2. The minimum absolute atomic E-state index is 0.165. The Hall–Kier alpha value is -2.14. The summed E-state index contributed by atoms with van der Waals surface area (Å²) in [5.41, 5.74) is -1.07. The normalized spacial score (nSPS) is 12.6. The number of hydrogen-bond donors (Lipinski definition) is 0. The fourth-order valence-corrected chi connectivity index (χ4v) is 3.50. The third-order valence-corrected chi connectivity index (χ3v) is 5.56. The third-order valence-electron chi connectivity index (χ3n) is 2.94. The second-order valence-electron chi connectivity index (χ2n) is 7.02. The summed E-state index contributed by atoms with van der Waals surface area (Å²) in [6, 6.07) is 4.34. The molecule has 1 rings (SSSR count). The van der Waals surface area contributed by atoms with Gasteiger partial charge in [0, 0.05) is 6.26 Å². The van der Waals surface area contributed by atoms with Gasteiger partial charge in [-0.1, -0.05) is 19.9 Å². The lowest BCUT2D eigenvalue weighted by atomic mass is 10.2. The Bertz CT molecular complexity index is 927. The first-order valence-electron chi connectivity index (χ1n) is 7.86. The average Bonchev–Trinajstić information content (AvgIpc) is 2.49. The molecule has 0 saturated heterocycles. The summed E-state index contributed by atoms with van der Waals surface area (Å²) in [6.45, 7) is 7.41. The second kappa shape index (κ2) is 7.85. The monoisotopic (exact) mass is 421 g/mol. The van der Waals surface area contributed by atoms with Crippen LogP contribution in [0.4, 0.5) is 4.79 Å². The molecule has 0 heterocycles. The number of sulfonamides is 1. The fraction of sp³-hybridized carbons (Fsp3) is 0.500. The van der Waals surface area contributed by atoms with E-state index in [9.17, 15) is 26.4 Å². The molecule has 1 aromatic carbocycles. The Labute approximate surface area is 159 Å². The van der Waals surface area contributed by atoms with Crippen molar-refractivity contribution in [3.05, 3.63) is 24.3 Å². The lowest BCUT2D eigenvalue weighted by Crippen LogP contribution is -2.42. The van der Waals surface area contributed by atoms with Crippen LogP contribution in [0.2, 0.25) is 0 Å². The standard InChI is InChI=1S/C16H23NO8S2/c1-11(2)14(18)25-17(15(19)24-16(3,4)5)27(22,23)13-9-7-8-12(10-13)26(6,20)21/h7-11H,1-6H3. The van der Waals surface area contributed by atoms with Crippen molar-refractivity contribution >= 4 is 31.9 Å². The van der Waals surface area contributed by atoms with Gasteiger partial charge in [-0.15, -0.1) is 0 Å². The van der Waals surface area contributed by atoms with Gasteiger partial charge in [0.25, 0.3) is 0 Å². The van der Waals surface area contributed by atoms with E-state index >= 15 is 0 Å². The number of carbonyl (C=O) groups excluding carboxylic acids is 2. The van der Waals surface area contributed by atoms with E-state index in [0.29, 0.717) is 0 Å². The van der Waals surface area contributed by atoms with Gasteiger partial charge in [0.2, 0.25) is 0 Å². The molecule has 0 bridgehead atoms. The van der Waals surface area contributed by atoms with Gasteiger partial charge in [-0.3, -0.25) is 0 Å². The van der Waals surface area contributed by atoms with E-state index in [4.69, 9.17) is 9.57 Å². The Morgan fingerprint density at radius 3 is 2.00 bits per heavy atom. The zero-order valence-electron chi connectivity index (χ0n) is 15.9. The highest BCUT2D eigenvalue weighted by molar-refractivity contribution is 7.91. The summed E-state index contributed by atoms with van der Waals surface area (Å²) in [5.74, 6) is -1.71. The molecule has 11 heteroatoms. The molecule has 1 amide bonds. The van der Waals surface area contributed by atoms with Crippen molar-refractivity contribution in [2.45, 2.75) is 50.0 Å². The Morgan fingerprint density at radius 1 is 1.04 bits per heavy atom. The lowest BCUT2D eigenvalue weighted by molar-refractivity contribution is -0.170. The van der Waals surface area contributed by atoms with Crippen molar-refractivity contribution in [1.29, 1.82) is 0 Å². The summed E-state index contributed by atoms with van der Waals surface area (Å²) in [6.07, 6.45) is -0.523. The van der Waals surface area contributed by atoms with Gasteiger partial charge in [-0.25, -0.2) is 18.0 Å². The third kappa shape index (κ3) is 6.21. The smallest absolute Gasteiger partial charge is 0.441 e.